The summed E-state index contributed by atoms with van der Waals surface area (Å²) in [6.45, 7) is 1.62. The number of rotatable bonds is 3. The number of nitrogens with one attached hydrogen (secondary N) is 1. The van der Waals surface area contributed by atoms with E-state index in [1.807, 2.05) is 24.5 Å². The van der Waals surface area contributed by atoms with E-state index in [4.69, 9.17) is 15.0 Å². The molecule has 2 unspecified atom stereocenters. The molecule has 1 fully saturated rings. The monoisotopic (exact) mass is 246 g/mol. The number of furan rings is 1. The van der Waals surface area contributed by atoms with Gasteiger partial charge >= 0.3 is 0 Å². The highest BCUT2D eigenvalue weighted by Crippen LogP contribution is 2.33. The molecule has 2 aromatic rings. The minimum absolute atomic E-state index is 0.0916. The third-order valence-electron chi connectivity index (χ3n) is 3.69. The molecule has 1 aromatic carbocycles. The number of benzene rings is 1. The summed E-state index contributed by atoms with van der Waals surface area (Å²) in [5, 5.41) is 1.13. The second-order valence-corrected chi connectivity index (χ2v) is 4.81. The topological polar surface area (TPSA) is 60.4 Å². The summed E-state index contributed by atoms with van der Waals surface area (Å²) in [6, 6.07) is 8.14. The molecular weight excluding hydrogens is 228 g/mol. The molecule has 2 atom stereocenters. The predicted octanol–water partition coefficient (Wildman–Crippen LogP) is 2.36. The molecule has 4 heteroatoms. The Balaban J connectivity index is 1.95. The molecule has 1 aliphatic rings. The van der Waals surface area contributed by atoms with Crippen molar-refractivity contribution in [1.82, 2.24) is 5.43 Å². The van der Waals surface area contributed by atoms with Gasteiger partial charge in [-0.05, 0) is 18.9 Å². The van der Waals surface area contributed by atoms with E-state index in [-0.39, 0.29) is 6.04 Å². The average molecular weight is 246 g/mol. The van der Waals surface area contributed by atoms with Gasteiger partial charge in [0.05, 0.1) is 18.9 Å². The zero-order valence-electron chi connectivity index (χ0n) is 10.3. The number of hydrogen-bond donors (Lipinski definition) is 2. The molecule has 3 N–H and O–H groups in total. The van der Waals surface area contributed by atoms with Crippen molar-refractivity contribution in [2.24, 2.45) is 11.8 Å². The summed E-state index contributed by atoms with van der Waals surface area (Å²) in [7, 11) is 0. The van der Waals surface area contributed by atoms with Crippen LogP contribution in [-0.4, -0.2) is 13.2 Å². The Morgan fingerprint density at radius 1 is 1.33 bits per heavy atom. The Labute approximate surface area is 106 Å². The van der Waals surface area contributed by atoms with Crippen molar-refractivity contribution >= 4 is 11.0 Å². The third kappa shape index (κ3) is 2.03. The molecule has 2 heterocycles. The fourth-order valence-electron chi connectivity index (χ4n) is 2.75. The number of nitrogens with two attached hydrogens (primary N) is 1. The molecule has 96 valence electrons. The van der Waals surface area contributed by atoms with Gasteiger partial charge in [0, 0.05) is 23.5 Å². The van der Waals surface area contributed by atoms with E-state index in [1.165, 1.54) is 0 Å². The molecule has 1 saturated heterocycles. The molecule has 0 saturated carbocycles. The first-order valence-corrected chi connectivity index (χ1v) is 6.40. The Bertz CT molecular complexity index is 517. The lowest BCUT2D eigenvalue weighted by Gasteiger charge is -2.29. The maximum absolute atomic E-state index is 5.74. The first kappa shape index (κ1) is 11.7. The summed E-state index contributed by atoms with van der Waals surface area (Å²) in [6.07, 6.45) is 4.04. The van der Waals surface area contributed by atoms with Crippen LogP contribution in [-0.2, 0) is 4.74 Å². The van der Waals surface area contributed by atoms with Crippen LogP contribution in [0.15, 0.2) is 34.9 Å². The molecule has 0 amide bonds. The van der Waals surface area contributed by atoms with E-state index in [0.717, 1.165) is 42.6 Å². The molecule has 3 rings (SSSR count). The summed E-state index contributed by atoms with van der Waals surface area (Å²) in [4.78, 5) is 0. The third-order valence-corrected chi connectivity index (χ3v) is 3.69. The Hall–Kier alpha value is -1.36. The van der Waals surface area contributed by atoms with Crippen LogP contribution in [0.25, 0.3) is 11.0 Å². The van der Waals surface area contributed by atoms with Gasteiger partial charge < -0.3 is 9.15 Å². The summed E-state index contributed by atoms with van der Waals surface area (Å²) in [5.41, 5.74) is 4.96. The average Bonchev–Trinajstić information content (AvgIpc) is 2.85. The molecule has 1 aliphatic heterocycles. The van der Waals surface area contributed by atoms with Gasteiger partial charge in [0.1, 0.15) is 5.58 Å². The van der Waals surface area contributed by atoms with Crippen LogP contribution in [0.4, 0.5) is 0 Å². The first-order chi connectivity index (χ1) is 8.90. The van der Waals surface area contributed by atoms with Gasteiger partial charge in [-0.25, -0.2) is 0 Å². The van der Waals surface area contributed by atoms with Crippen molar-refractivity contribution in [2.45, 2.75) is 18.9 Å². The maximum atomic E-state index is 5.74. The molecule has 1 aromatic heterocycles. The van der Waals surface area contributed by atoms with Crippen LogP contribution < -0.4 is 11.3 Å². The van der Waals surface area contributed by atoms with Crippen molar-refractivity contribution < 1.29 is 9.15 Å². The Kier molecular flexibility index (Phi) is 3.32. The largest absolute Gasteiger partial charge is 0.464 e. The second kappa shape index (κ2) is 5.10. The normalized spacial score (nSPS) is 22.2. The zero-order chi connectivity index (χ0) is 12.4. The summed E-state index contributed by atoms with van der Waals surface area (Å²) in [5.74, 6) is 6.15. The minimum atomic E-state index is 0.0916. The van der Waals surface area contributed by atoms with Gasteiger partial charge in [0.25, 0.3) is 0 Å². The highest BCUT2D eigenvalue weighted by Gasteiger charge is 2.27. The van der Waals surface area contributed by atoms with Gasteiger partial charge in [-0.1, -0.05) is 18.2 Å². The van der Waals surface area contributed by atoms with Gasteiger partial charge in [-0.2, -0.15) is 0 Å². The minimum Gasteiger partial charge on any atom is -0.464 e. The fraction of sp³-hybridized carbons (Fsp3) is 0.429. The molecule has 0 aliphatic carbocycles. The van der Waals surface area contributed by atoms with E-state index in [2.05, 4.69) is 11.5 Å². The van der Waals surface area contributed by atoms with Crippen LogP contribution in [0, 0.1) is 5.92 Å². The standard InChI is InChI=1S/C14H18N2O2/c15-16-14(10-4-3-7-17-8-10)12-9-18-13-6-2-1-5-11(12)13/h1-2,5-6,9-10,14,16H,3-4,7-8,15H2. The van der Waals surface area contributed by atoms with Crippen molar-refractivity contribution in [1.29, 1.82) is 0 Å². The molecule has 0 spiro atoms. The van der Waals surface area contributed by atoms with Crippen molar-refractivity contribution in [2.75, 3.05) is 13.2 Å². The first-order valence-electron chi connectivity index (χ1n) is 6.40. The van der Waals surface area contributed by atoms with Gasteiger partial charge in [-0.15, -0.1) is 0 Å². The van der Waals surface area contributed by atoms with E-state index in [9.17, 15) is 0 Å². The molecule has 18 heavy (non-hydrogen) atoms. The number of fused-ring (bicyclic) bond motifs is 1. The fourth-order valence-corrected chi connectivity index (χ4v) is 2.75. The lowest BCUT2D eigenvalue weighted by Crippen LogP contribution is -2.37. The lowest BCUT2D eigenvalue weighted by molar-refractivity contribution is 0.0391. The number of para-hydroxylation sites is 1. The van der Waals surface area contributed by atoms with Crippen LogP contribution in [0.1, 0.15) is 24.4 Å². The van der Waals surface area contributed by atoms with E-state index < -0.39 is 0 Å². The van der Waals surface area contributed by atoms with Crippen molar-refractivity contribution in [3.05, 3.63) is 36.1 Å². The molecular formula is C14H18N2O2. The predicted molar refractivity (Wildman–Crippen MR) is 69.8 cm³/mol. The molecule has 0 bridgehead atoms. The van der Waals surface area contributed by atoms with Crippen LogP contribution in [0.5, 0.6) is 0 Å². The number of hydrogen-bond acceptors (Lipinski definition) is 4. The van der Waals surface area contributed by atoms with Gasteiger partial charge in [-0.3, -0.25) is 11.3 Å². The van der Waals surface area contributed by atoms with Crippen LogP contribution in [0.3, 0.4) is 0 Å². The SMILES string of the molecule is NNC(c1coc2ccccc12)C1CCCOC1. The van der Waals surface area contributed by atoms with Crippen molar-refractivity contribution in [3.63, 3.8) is 0 Å². The Morgan fingerprint density at radius 3 is 3.00 bits per heavy atom. The van der Waals surface area contributed by atoms with E-state index >= 15 is 0 Å². The van der Waals surface area contributed by atoms with Crippen LogP contribution in [0.2, 0.25) is 0 Å². The lowest BCUT2D eigenvalue weighted by atomic mass is 9.89. The number of hydrazine groups is 1. The van der Waals surface area contributed by atoms with E-state index in [1.54, 1.807) is 0 Å². The highest BCUT2D eigenvalue weighted by molar-refractivity contribution is 5.81. The molecule has 0 radical (unpaired) electrons. The Morgan fingerprint density at radius 2 is 2.22 bits per heavy atom. The van der Waals surface area contributed by atoms with Gasteiger partial charge in [0.15, 0.2) is 0 Å². The quantitative estimate of drug-likeness (QED) is 0.644. The van der Waals surface area contributed by atoms with Crippen molar-refractivity contribution in [3.8, 4) is 0 Å². The summed E-state index contributed by atoms with van der Waals surface area (Å²) >= 11 is 0. The number of ether oxygens (including phenoxy) is 1. The van der Waals surface area contributed by atoms with Gasteiger partial charge in [0.2, 0.25) is 0 Å². The van der Waals surface area contributed by atoms with E-state index in [0.29, 0.717) is 5.92 Å². The zero-order valence-corrected chi connectivity index (χ0v) is 10.3. The van der Waals surface area contributed by atoms with Crippen LogP contribution >= 0.6 is 0 Å². The molecule has 4 nitrogen and oxygen atoms in total. The summed E-state index contributed by atoms with van der Waals surface area (Å²) < 4.78 is 11.1. The second-order valence-electron chi connectivity index (χ2n) is 4.81. The smallest absolute Gasteiger partial charge is 0.134 e. The highest BCUT2D eigenvalue weighted by atomic mass is 16.5. The maximum Gasteiger partial charge on any atom is 0.134 e.